The maximum Gasteiger partial charge on any atom is 0.247 e. The molecule has 1 fully saturated rings. The molecule has 0 spiro atoms. The summed E-state index contributed by atoms with van der Waals surface area (Å²) >= 11 is 0. The van der Waals surface area contributed by atoms with E-state index >= 15 is 0 Å². The molecule has 3 amide bonds. The Morgan fingerprint density at radius 2 is 2.06 bits per heavy atom. The number of carbonyl (C=O) groups is 3. The Hall–Kier alpha value is -1.43. The molecule has 6 heteroatoms. The molecule has 1 atom stereocenters. The van der Waals surface area contributed by atoms with Gasteiger partial charge in [-0.15, -0.1) is 0 Å². The molecule has 1 rings (SSSR count). The molecule has 1 saturated heterocycles. The van der Waals surface area contributed by atoms with E-state index in [1.165, 1.54) is 4.90 Å². The number of primary amides is 1. The van der Waals surface area contributed by atoms with Gasteiger partial charge >= 0.3 is 0 Å². The van der Waals surface area contributed by atoms with Gasteiger partial charge in [-0.2, -0.15) is 0 Å². The van der Waals surface area contributed by atoms with Crippen molar-refractivity contribution in [3.8, 4) is 0 Å². The molecule has 1 aliphatic rings. The first-order valence-electron chi connectivity index (χ1n) is 5.88. The highest BCUT2D eigenvalue weighted by molar-refractivity contribution is 6.06. The Labute approximate surface area is 101 Å². The maximum absolute atomic E-state index is 12.0. The lowest BCUT2D eigenvalue weighted by atomic mass is 10.1. The first kappa shape index (κ1) is 13.6. The van der Waals surface area contributed by atoms with Crippen LogP contribution in [0.1, 0.15) is 33.1 Å². The van der Waals surface area contributed by atoms with E-state index < -0.39 is 11.9 Å². The van der Waals surface area contributed by atoms with Crippen LogP contribution in [0.2, 0.25) is 0 Å². The molecule has 6 nitrogen and oxygen atoms in total. The molecule has 0 bridgehead atoms. The van der Waals surface area contributed by atoms with Crippen LogP contribution in [0.4, 0.5) is 0 Å². The standard InChI is InChI=1S/C11H19N3O3/c1-3-7(4-2)14-10(16)5-8(11(14)17)13-6-9(12)15/h7-8,13H,3-6H2,1-2H3,(H2,12,15). The number of nitrogens with one attached hydrogen (secondary N) is 1. The number of nitrogens with zero attached hydrogens (tertiary/aromatic N) is 1. The average molecular weight is 241 g/mol. The summed E-state index contributed by atoms with van der Waals surface area (Å²) in [6.45, 7) is 3.80. The second kappa shape index (κ2) is 5.77. The molecule has 17 heavy (non-hydrogen) atoms. The molecule has 0 aromatic heterocycles. The number of hydrogen-bond acceptors (Lipinski definition) is 4. The first-order chi connectivity index (χ1) is 8.01. The Morgan fingerprint density at radius 3 is 2.53 bits per heavy atom. The van der Waals surface area contributed by atoms with Crippen LogP contribution in [0, 0.1) is 0 Å². The summed E-state index contributed by atoms with van der Waals surface area (Å²) in [4.78, 5) is 35.7. The second-order valence-electron chi connectivity index (χ2n) is 4.18. The number of nitrogens with two attached hydrogens (primary N) is 1. The van der Waals surface area contributed by atoms with Gasteiger partial charge in [0.05, 0.1) is 19.0 Å². The van der Waals surface area contributed by atoms with Crippen molar-refractivity contribution in [2.24, 2.45) is 5.73 Å². The van der Waals surface area contributed by atoms with Gasteiger partial charge in [0.2, 0.25) is 17.7 Å². The lowest BCUT2D eigenvalue weighted by Gasteiger charge is -2.24. The number of hydrogen-bond donors (Lipinski definition) is 2. The van der Waals surface area contributed by atoms with Crippen LogP contribution in [0.25, 0.3) is 0 Å². The molecule has 3 N–H and O–H groups in total. The van der Waals surface area contributed by atoms with Crippen LogP contribution in [-0.2, 0) is 14.4 Å². The summed E-state index contributed by atoms with van der Waals surface area (Å²) in [7, 11) is 0. The van der Waals surface area contributed by atoms with E-state index in [-0.39, 0.29) is 30.8 Å². The molecule has 0 aliphatic carbocycles. The summed E-state index contributed by atoms with van der Waals surface area (Å²) in [5.74, 6) is -0.957. The summed E-state index contributed by atoms with van der Waals surface area (Å²) in [5.41, 5.74) is 4.99. The molecule has 0 saturated carbocycles. The maximum atomic E-state index is 12.0. The zero-order chi connectivity index (χ0) is 13.0. The minimum Gasteiger partial charge on any atom is -0.369 e. The fourth-order valence-electron chi connectivity index (χ4n) is 2.07. The Kier molecular flexibility index (Phi) is 4.62. The summed E-state index contributed by atoms with van der Waals surface area (Å²) in [5, 5.41) is 2.71. The average Bonchev–Trinajstić information content (AvgIpc) is 2.55. The van der Waals surface area contributed by atoms with Crippen molar-refractivity contribution in [2.45, 2.75) is 45.2 Å². The van der Waals surface area contributed by atoms with Crippen LogP contribution in [-0.4, -0.2) is 41.2 Å². The van der Waals surface area contributed by atoms with Crippen LogP contribution in [0.15, 0.2) is 0 Å². The van der Waals surface area contributed by atoms with Crippen molar-refractivity contribution < 1.29 is 14.4 Å². The van der Waals surface area contributed by atoms with Gasteiger partial charge in [-0.05, 0) is 12.8 Å². The van der Waals surface area contributed by atoms with Gasteiger partial charge in [-0.3, -0.25) is 24.6 Å². The van der Waals surface area contributed by atoms with Gasteiger partial charge in [-0.25, -0.2) is 0 Å². The quantitative estimate of drug-likeness (QED) is 0.606. The third-order valence-electron chi connectivity index (χ3n) is 3.01. The highest BCUT2D eigenvalue weighted by Crippen LogP contribution is 2.19. The van der Waals surface area contributed by atoms with Crippen molar-refractivity contribution in [2.75, 3.05) is 6.54 Å². The highest BCUT2D eigenvalue weighted by atomic mass is 16.2. The minimum absolute atomic E-state index is 0.0459. The van der Waals surface area contributed by atoms with Crippen LogP contribution >= 0.6 is 0 Å². The number of amides is 3. The number of imide groups is 1. The van der Waals surface area contributed by atoms with E-state index in [0.717, 1.165) is 12.8 Å². The van der Waals surface area contributed by atoms with Crippen molar-refractivity contribution in [3.63, 3.8) is 0 Å². The number of likely N-dealkylation sites (tertiary alicyclic amines) is 1. The number of rotatable bonds is 6. The topological polar surface area (TPSA) is 92.5 Å². The Morgan fingerprint density at radius 1 is 1.47 bits per heavy atom. The SMILES string of the molecule is CCC(CC)N1C(=O)CC(NCC(N)=O)C1=O. The normalized spacial score (nSPS) is 20.4. The lowest BCUT2D eigenvalue weighted by Crippen LogP contribution is -2.45. The second-order valence-corrected chi connectivity index (χ2v) is 4.18. The Balaban J connectivity index is 2.67. The van der Waals surface area contributed by atoms with Crippen LogP contribution in [0.5, 0.6) is 0 Å². The summed E-state index contributed by atoms with van der Waals surface area (Å²) < 4.78 is 0. The highest BCUT2D eigenvalue weighted by Gasteiger charge is 2.41. The predicted octanol–water partition coefficient (Wildman–Crippen LogP) is -0.623. The summed E-state index contributed by atoms with van der Waals surface area (Å²) in [6, 6.07) is -0.647. The van der Waals surface area contributed by atoms with E-state index in [1.54, 1.807) is 0 Å². The van der Waals surface area contributed by atoms with Crippen molar-refractivity contribution in [1.82, 2.24) is 10.2 Å². The van der Waals surface area contributed by atoms with E-state index in [1.807, 2.05) is 13.8 Å². The largest absolute Gasteiger partial charge is 0.369 e. The summed E-state index contributed by atoms with van der Waals surface area (Å²) in [6.07, 6.45) is 1.61. The molecule has 96 valence electrons. The van der Waals surface area contributed by atoms with E-state index in [4.69, 9.17) is 5.73 Å². The van der Waals surface area contributed by atoms with Gasteiger partial charge in [0, 0.05) is 6.04 Å². The number of carbonyl (C=O) groups excluding carboxylic acids is 3. The predicted molar refractivity (Wildman–Crippen MR) is 61.8 cm³/mol. The van der Waals surface area contributed by atoms with E-state index in [0.29, 0.717) is 0 Å². The van der Waals surface area contributed by atoms with E-state index in [2.05, 4.69) is 5.32 Å². The van der Waals surface area contributed by atoms with Crippen LogP contribution < -0.4 is 11.1 Å². The minimum atomic E-state index is -0.601. The van der Waals surface area contributed by atoms with Gasteiger partial charge in [-0.1, -0.05) is 13.8 Å². The molecule has 0 aromatic carbocycles. The van der Waals surface area contributed by atoms with Gasteiger partial charge in [0.25, 0.3) is 0 Å². The molecule has 1 unspecified atom stereocenters. The van der Waals surface area contributed by atoms with Gasteiger partial charge in [0.15, 0.2) is 0 Å². The molecule has 1 heterocycles. The van der Waals surface area contributed by atoms with Crippen molar-refractivity contribution in [3.05, 3.63) is 0 Å². The van der Waals surface area contributed by atoms with Gasteiger partial charge in [0.1, 0.15) is 0 Å². The molecule has 1 aliphatic heterocycles. The fourth-order valence-corrected chi connectivity index (χ4v) is 2.07. The molecule has 0 aromatic rings. The molecule has 0 radical (unpaired) electrons. The van der Waals surface area contributed by atoms with Gasteiger partial charge < -0.3 is 5.73 Å². The first-order valence-corrected chi connectivity index (χ1v) is 5.88. The zero-order valence-corrected chi connectivity index (χ0v) is 10.2. The zero-order valence-electron chi connectivity index (χ0n) is 10.2. The fraction of sp³-hybridized carbons (Fsp3) is 0.727. The third kappa shape index (κ3) is 3.03. The van der Waals surface area contributed by atoms with Crippen molar-refractivity contribution >= 4 is 17.7 Å². The smallest absolute Gasteiger partial charge is 0.247 e. The van der Waals surface area contributed by atoms with E-state index in [9.17, 15) is 14.4 Å². The Bertz CT molecular complexity index is 326. The molecular formula is C11H19N3O3. The molecular weight excluding hydrogens is 222 g/mol. The van der Waals surface area contributed by atoms with Crippen molar-refractivity contribution in [1.29, 1.82) is 0 Å². The van der Waals surface area contributed by atoms with Crippen LogP contribution in [0.3, 0.4) is 0 Å². The third-order valence-corrected chi connectivity index (χ3v) is 3.01. The monoisotopic (exact) mass is 241 g/mol. The lowest BCUT2D eigenvalue weighted by molar-refractivity contribution is -0.141.